The summed E-state index contributed by atoms with van der Waals surface area (Å²) in [7, 11) is -3.56. The van der Waals surface area contributed by atoms with Crippen LogP contribution >= 0.6 is 0 Å². The molecule has 158 valence electrons. The SMILES string of the molecule is C1CCC(NC2CCCCC2)CC1.CS(=O)(=O)C(Cc1ccccc1)C(=O)O. The fraction of sp³-hybridized carbons (Fsp3) is 0.682. The molecule has 0 radical (unpaired) electrons. The summed E-state index contributed by atoms with van der Waals surface area (Å²) in [4.78, 5) is 10.8. The standard InChI is InChI=1S/C12H23N.C10H12O4S/c1-3-7-11(8-4-1)13-12-9-5-2-6-10-12;1-15(13,14)9(10(11)12)7-8-5-3-2-4-6-8/h11-13H,1-10H2;2-6,9H,7H2,1H3,(H,11,12). The van der Waals surface area contributed by atoms with Crippen LogP contribution < -0.4 is 5.32 Å². The molecule has 28 heavy (non-hydrogen) atoms. The highest BCUT2D eigenvalue weighted by atomic mass is 32.2. The van der Waals surface area contributed by atoms with E-state index in [0.717, 1.165) is 18.3 Å². The van der Waals surface area contributed by atoms with Crippen molar-refractivity contribution in [2.75, 3.05) is 6.26 Å². The molecule has 0 bridgehead atoms. The first-order chi connectivity index (χ1) is 13.4. The first-order valence-electron chi connectivity index (χ1n) is 10.6. The summed E-state index contributed by atoms with van der Waals surface area (Å²) in [5, 5.41) is 11.3. The molecule has 3 rings (SSSR count). The molecule has 0 amide bonds. The molecule has 2 fully saturated rings. The Morgan fingerprint density at radius 2 is 1.43 bits per heavy atom. The summed E-state index contributed by atoms with van der Waals surface area (Å²) in [6.07, 6.45) is 15.5. The number of sulfone groups is 1. The second-order valence-corrected chi connectivity index (χ2v) is 10.4. The van der Waals surface area contributed by atoms with Gasteiger partial charge in [-0.25, -0.2) is 8.42 Å². The fourth-order valence-electron chi connectivity index (χ4n) is 4.12. The number of hydrogen-bond acceptors (Lipinski definition) is 4. The van der Waals surface area contributed by atoms with Crippen molar-refractivity contribution >= 4 is 15.8 Å². The highest BCUT2D eigenvalue weighted by Gasteiger charge is 2.28. The van der Waals surface area contributed by atoms with Crippen molar-refractivity contribution < 1.29 is 18.3 Å². The third kappa shape index (κ3) is 8.31. The summed E-state index contributed by atoms with van der Waals surface area (Å²) in [6, 6.07) is 10.4. The van der Waals surface area contributed by atoms with Gasteiger partial charge in [-0.1, -0.05) is 68.9 Å². The molecule has 0 spiro atoms. The zero-order valence-electron chi connectivity index (χ0n) is 17.0. The van der Waals surface area contributed by atoms with Crippen molar-refractivity contribution in [1.82, 2.24) is 5.32 Å². The highest BCUT2D eigenvalue weighted by Crippen LogP contribution is 2.22. The number of aliphatic carboxylic acids is 1. The smallest absolute Gasteiger partial charge is 0.322 e. The number of carboxylic acid groups (broad SMARTS) is 1. The Bertz CT molecular complexity index is 662. The molecule has 1 atom stereocenters. The number of nitrogens with one attached hydrogen (secondary N) is 1. The van der Waals surface area contributed by atoms with Crippen LogP contribution in [0.2, 0.25) is 0 Å². The topological polar surface area (TPSA) is 83.5 Å². The molecular weight excluding hydrogens is 374 g/mol. The molecule has 0 aliphatic heterocycles. The van der Waals surface area contributed by atoms with Crippen molar-refractivity contribution in [3.05, 3.63) is 35.9 Å². The molecule has 2 N–H and O–H groups in total. The summed E-state index contributed by atoms with van der Waals surface area (Å²) in [5.41, 5.74) is 0.704. The van der Waals surface area contributed by atoms with E-state index in [1.165, 1.54) is 64.2 Å². The van der Waals surface area contributed by atoms with Crippen LogP contribution in [0, 0.1) is 0 Å². The van der Waals surface area contributed by atoms with E-state index in [0.29, 0.717) is 5.56 Å². The van der Waals surface area contributed by atoms with Crippen LogP contribution in [-0.4, -0.2) is 43.1 Å². The molecule has 6 heteroatoms. The Balaban J connectivity index is 0.000000202. The van der Waals surface area contributed by atoms with Crippen molar-refractivity contribution in [1.29, 1.82) is 0 Å². The van der Waals surface area contributed by atoms with Crippen molar-refractivity contribution in [2.24, 2.45) is 0 Å². The molecule has 1 unspecified atom stereocenters. The first kappa shape index (κ1) is 22.9. The minimum absolute atomic E-state index is 0.00894. The largest absolute Gasteiger partial charge is 0.480 e. The molecule has 5 nitrogen and oxygen atoms in total. The maximum absolute atomic E-state index is 11.2. The van der Waals surface area contributed by atoms with Crippen LogP contribution in [0.25, 0.3) is 0 Å². The summed E-state index contributed by atoms with van der Waals surface area (Å²) in [5.74, 6) is -1.30. The van der Waals surface area contributed by atoms with E-state index >= 15 is 0 Å². The zero-order chi connectivity index (χ0) is 20.4. The predicted molar refractivity (Wildman–Crippen MR) is 113 cm³/mol. The normalized spacial score (nSPS) is 20.0. The Hall–Kier alpha value is -1.40. The second kappa shape index (κ2) is 11.6. The molecule has 0 saturated heterocycles. The number of rotatable bonds is 6. The van der Waals surface area contributed by atoms with Crippen LogP contribution in [0.1, 0.15) is 69.8 Å². The lowest BCUT2D eigenvalue weighted by Gasteiger charge is -2.30. The van der Waals surface area contributed by atoms with Crippen molar-refractivity contribution in [2.45, 2.75) is 88.0 Å². The quantitative estimate of drug-likeness (QED) is 0.743. The number of carbonyl (C=O) groups is 1. The van der Waals surface area contributed by atoms with Crippen LogP contribution in [0.4, 0.5) is 0 Å². The molecule has 0 aromatic heterocycles. The first-order valence-corrected chi connectivity index (χ1v) is 12.5. The highest BCUT2D eigenvalue weighted by molar-refractivity contribution is 7.92. The fourth-order valence-corrected chi connectivity index (χ4v) is 4.98. The minimum Gasteiger partial charge on any atom is -0.480 e. The third-order valence-electron chi connectivity index (χ3n) is 5.74. The van der Waals surface area contributed by atoms with Gasteiger partial charge in [0.25, 0.3) is 0 Å². The van der Waals surface area contributed by atoms with Gasteiger partial charge >= 0.3 is 5.97 Å². The van der Waals surface area contributed by atoms with E-state index < -0.39 is 21.1 Å². The molecule has 1 aromatic rings. The van der Waals surface area contributed by atoms with E-state index in [1.807, 2.05) is 0 Å². The van der Waals surface area contributed by atoms with Crippen molar-refractivity contribution in [3.63, 3.8) is 0 Å². The Labute approximate surface area is 169 Å². The molecular formula is C22H35NO4S. The average molecular weight is 410 g/mol. The minimum atomic E-state index is -3.56. The summed E-state index contributed by atoms with van der Waals surface area (Å²) >= 11 is 0. The van der Waals surface area contributed by atoms with Gasteiger partial charge < -0.3 is 10.4 Å². The number of benzene rings is 1. The Morgan fingerprint density at radius 3 is 1.82 bits per heavy atom. The summed E-state index contributed by atoms with van der Waals surface area (Å²) in [6.45, 7) is 0. The maximum Gasteiger partial charge on any atom is 0.322 e. The zero-order valence-corrected chi connectivity index (χ0v) is 17.8. The van der Waals surface area contributed by atoms with E-state index in [4.69, 9.17) is 5.11 Å². The van der Waals surface area contributed by atoms with Crippen LogP contribution in [-0.2, 0) is 21.1 Å². The summed E-state index contributed by atoms with van der Waals surface area (Å²) < 4.78 is 22.4. The second-order valence-electron chi connectivity index (χ2n) is 8.18. The van der Waals surface area contributed by atoms with Gasteiger partial charge in [-0.2, -0.15) is 0 Å². The van der Waals surface area contributed by atoms with E-state index in [9.17, 15) is 13.2 Å². The lowest BCUT2D eigenvalue weighted by molar-refractivity contribution is -0.136. The molecule has 2 saturated carbocycles. The lowest BCUT2D eigenvalue weighted by Crippen LogP contribution is -2.40. The van der Waals surface area contributed by atoms with Gasteiger partial charge in [-0.15, -0.1) is 0 Å². The monoisotopic (exact) mass is 409 g/mol. The van der Waals surface area contributed by atoms with Gasteiger partial charge in [0.2, 0.25) is 0 Å². The number of hydrogen-bond donors (Lipinski definition) is 2. The third-order valence-corrected chi connectivity index (χ3v) is 7.14. The van der Waals surface area contributed by atoms with Gasteiger partial charge in [-0.05, 0) is 37.7 Å². The van der Waals surface area contributed by atoms with Crippen LogP contribution in [0.15, 0.2) is 30.3 Å². The molecule has 2 aliphatic rings. The lowest BCUT2D eigenvalue weighted by atomic mass is 9.91. The van der Waals surface area contributed by atoms with Crippen LogP contribution in [0.5, 0.6) is 0 Å². The van der Waals surface area contributed by atoms with E-state index in [1.54, 1.807) is 30.3 Å². The Kier molecular flexibility index (Phi) is 9.45. The van der Waals surface area contributed by atoms with Crippen LogP contribution in [0.3, 0.4) is 0 Å². The average Bonchev–Trinajstić information content (AvgIpc) is 2.68. The van der Waals surface area contributed by atoms with E-state index in [-0.39, 0.29) is 6.42 Å². The van der Waals surface area contributed by atoms with E-state index in [2.05, 4.69) is 5.32 Å². The number of carboxylic acids is 1. The maximum atomic E-state index is 11.2. The molecule has 1 aromatic carbocycles. The Morgan fingerprint density at radius 1 is 0.964 bits per heavy atom. The van der Waals surface area contributed by atoms with Crippen molar-refractivity contribution in [3.8, 4) is 0 Å². The van der Waals surface area contributed by atoms with Gasteiger partial charge in [0.05, 0.1) is 0 Å². The molecule has 0 heterocycles. The van der Waals surface area contributed by atoms with Gasteiger partial charge in [0.15, 0.2) is 15.1 Å². The van der Waals surface area contributed by atoms with Gasteiger partial charge in [-0.3, -0.25) is 4.79 Å². The van der Waals surface area contributed by atoms with Gasteiger partial charge in [0, 0.05) is 18.3 Å². The van der Waals surface area contributed by atoms with Gasteiger partial charge in [0.1, 0.15) is 0 Å². The molecule has 2 aliphatic carbocycles. The predicted octanol–water partition coefficient (Wildman–Crippen LogP) is 3.97.